The molecule has 5 heteroatoms. The van der Waals surface area contributed by atoms with E-state index >= 15 is 0 Å². The van der Waals surface area contributed by atoms with E-state index in [4.69, 9.17) is 10.2 Å². The molecule has 0 bridgehead atoms. The Morgan fingerprint density at radius 2 is 2.30 bits per heavy atom. The second-order valence-electron chi connectivity index (χ2n) is 1.62. The van der Waals surface area contributed by atoms with E-state index in [1.807, 2.05) is 0 Å². The number of rotatable bonds is 4. The van der Waals surface area contributed by atoms with Gasteiger partial charge >= 0.3 is 5.97 Å². The highest BCUT2D eigenvalue weighted by Crippen LogP contribution is 1.84. The third-order valence-corrected chi connectivity index (χ3v) is 1.01. The first-order valence-electron chi connectivity index (χ1n) is 2.79. The minimum atomic E-state index is -0.824. The smallest absolute Gasteiger partial charge is 0.325 e. The molecule has 0 heterocycles. The Balaban J connectivity index is 3.68. The van der Waals surface area contributed by atoms with E-state index in [-0.39, 0.29) is 13.3 Å². The topological polar surface area (TPSA) is 78.8 Å². The monoisotopic (exact) mass is 149 g/mol. The third kappa shape index (κ3) is 2.77. The number of hydrogen-bond donors (Lipinski definition) is 3. The van der Waals surface area contributed by atoms with Crippen molar-refractivity contribution in [2.75, 3.05) is 20.4 Å². The van der Waals surface area contributed by atoms with Crippen LogP contribution in [0.4, 0.5) is 0 Å². The fourth-order valence-electron chi connectivity index (χ4n) is 0.475. The van der Waals surface area contributed by atoms with Crippen molar-refractivity contribution >= 4 is 5.97 Å². The van der Waals surface area contributed by atoms with Crippen LogP contribution < -0.4 is 5.32 Å². The zero-order valence-electron chi connectivity index (χ0n) is 5.70. The van der Waals surface area contributed by atoms with Gasteiger partial charge in [-0.15, -0.1) is 0 Å². The number of ether oxygens (including phenoxy) is 1. The van der Waals surface area contributed by atoms with Gasteiger partial charge in [-0.3, -0.25) is 10.1 Å². The van der Waals surface area contributed by atoms with Gasteiger partial charge in [-0.25, -0.2) is 0 Å². The van der Waals surface area contributed by atoms with Gasteiger partial charge in [-0.05, 0) is 0 Å². The van der Waals surface area contributed by atoms with Gasteiger partial charge in [0.2, 0.25) is 0 Å². The minimum absolute atomic E-state index is 0.361. The lowest BCUT2D eigenvalue weighted by Gasteiger charge is -2.10. The Morgan fingerprint density at radius 1 is 1.70 bits per heavy atom. The van der Waals surface area contributed by atoms with Gasteiger partial charge in [0.25, 0.3) is 0 Å². The average Bonchev–Trinajstić information content (AvgIpc) is 1.99. The predicted octanol–water partition coefficient (Wildman–Crippen LogP) is -1.94. The molecule has 0 unspecified atom stereocenters. The highest BCUT2D eigenvalue weighted by molar-refractivity contribution is 5.75. The normalized spacial score (nSPS) is 12.7. The summed E-state index contributed by atoms with van der Waals surface area (Å²) in [5.41, 5.74) is 0. The van der Waals surface area contributed by atoms with Gasteiger partial charge in [-0.2, -0.15) is 0 Å². The standard InChI is InChI=1S/C5H11NO4/c1-10-5(9)4(2-7)6-3-8/h4,6-8H,2-3H2,1H3/t4-/m1/s1. The molecule has 0 aromatic carbocycles. The van der Waals surface area contributed by atoms with Crippen LogP contribution in [-0.4, -0.2) is 42.7 Å². The van der Waals surface area contributed by atoms with Crippen LogP contribution in [0, 0.1) is 0 Å². The molecule has 0 rings (SSSR count). The highest BCUT2D eigenvalue weighted by atomic mass is 16.5. The first-order chi connectivity index (χ1) is 4.76. The number of carbonyl (C=O) groups excluding carboxylic acids is 1. The van der Waals surface area contributed by atoms with E-state index in [1.165, 1.54) is 7.11 Å². The van der Waals surface area contributed by atoms with E-state index in [9.17, 15) is 4.79 Å². The molecule has 5 nitrogen and oxygen atoms in total. The van der Waals surface area contributed by atoms with Gasteiger partial charge in [0.1, 0.15) is 6.04 Å². The first-order valence-corrected chi connectivity index (χ1v) is 2.79. The van der Waals surface area contributed by atoms with Crippen molar-refractivity contribution in [1.29, 1.82) is 0 Å². The number of aliphatic hydroxyl groups is 2. The first kappa shape index (κ1) is 9.35. The molecule has 0 aliphatic heterocycles. The minimum Gasteiger partial charge on any atom is -0.468 e. The lowest BCUT2D eigenvalue weighted by Crippen LogP contribution is -2.40. The van der Waals surface area contributed by atoms with Crippen molar-refractivity contribution in [3.8, 4) is 0 Å². The zero-order valence-corrected chi connectivity index (χ0v) is 5.70. The number of hydrogen-bond acceptors (Lipinski definition) is 5. The van der Waals surface area contributed by atoms with E-state index in [0.29, 0.717) is 0 Å². The molecule has 60 valence electrons. The molecule has 1 atom stereocenters. The maximum atomic E-state index is 10.6. The summed E-state index contributed by atoms with van der Waals surface area (Å²) in [6.45, 7) is -0.742. The predicted molar refractivity (Wildman–Crippen MR) is 33.1 cm³/mol. The zero-order chi connectivity index (χ0) is 7.98. The van der Waals surface area contributed by atoms with Crippen LogP contribution in [0.25, 0.3) is 0 Å². The molecule has 0 spiro atoms. The maximum Gasteiger partial charge on any atom is 0.325 e. The number of aliphatic hydroxyl groups excluding tert-OH is 2. The SMILES string of the molecule is COC(=O)[C@@H](CO)NCO. The van der Waals surface area contributed by atoms with E-state index in [0.717, 1.165) is 0 Å². The van der Waals surface area contributed by atoms with Crippen LogP contribution in [0.15, 0.2) is 0 Å². The second-order valence-corrected chi connectivity index (χ2v) is 1.62. The van der Waals surface area contributed by atoms with Crippen molar-refractivity contribution in [3.63, 3.8) is 0 Å². The molecule has 0 aliphatic carbocycles. The number of esters is 1. The quantitative estimate of drug-likeness (QED) is 0.320. The molecule has 0 saturated carbocycles. The summed E-state index contributed by atoms with van der Waals surface area (Å²) in [5, 5.41) is 19.1. The molecule has 0 saturated heterocycles. The molecule has 0 aliphatic rings. The lowest BCUT2D eigenvalue weighted by molar-refractivity contribution is -0.144. The summed E-state index contributed by atoms with van der Waals surface area (Å²) < 4.78 is 4.28. The number of methoxy groups -OCH3 is 1. The summed E-state index contributed by atoms with van der Waals surface area (Å²) >= 11 is 0. The van der Waals surface area contributed by atoms with Crippen LogP contribution in [0.1, 0.15) is 0 Å². The molecule has 0 radical (unpaired) electrons. The average molecular weight is 149 g/mol. The Labute approximate surface area is 58.6 Å². The summed E-state index contributed by atoms with van der Waals surface area (Å²) in [6.07, 6.45) is 0. The molecule has 10 heavy (non-hydrogen) atoms. The van der Waals surface area contributed by atoms with Crippen LogP contribution in [-0.2, 0) is 9.53 Å². The Bertz CT molecular complexity index is 106. The van der Waals surface area contributed by atoms with Crippen LogP contribution in [0.2, 0.25) is 0 Å². The Kier molecular flexibility index (Phi) is 4.82. The van der Waals surface area contributed by atoms with Crippen LogP contribution >= 0.6 is 0 Å². The van der Waals surface area contributed by atoms with Crippen molar-refractivity contribution < 1.29 is 19.7 Å². The van der Waals surface area contributed by atoms with Crippen molar-refractivity contribution in [1.82, 2.24) is 5.32 Å². The summed E-state index contributed by atoms with van der Waals surface area (Å²) in [5.74, 6) is -0.587. The second kappa shape index (κ2) is 5.16. The number of nitrogens with one attached hydrogen (secondary N) is 1. The van der Waals surface area contributed by atoms with Gasteiger partial charge < -0.3 is 14.9 Å². The summed E-state index contributed by atoms with van der Waals surface area (Å²) in [7, 11) is 1.21. The van der Waals surface area contributed by atoms with Crippen molar-refractivity contribution in [3.05, 3.63) is 0 Å². The van der Waals surface area contributed by atoms with E-state index in [2.05, 4.69) is 10.1 Å². The lowest BCUT2D eigenvalue weighted by atomic mass is 10.3. The molecule has 0 amide bonds. The molecular weight excluding hydrogens is 138 g/mol. The molecule has 0 fully saturated rings. The van der Waals surface area contributed by atoms with Gasteiger partial charge in [0.15, 0.2) is 0 Å². The molecular formula is C5H11NO4. The molecule has 3 N–H and O–H groups in total. The van der Waals surface area contributed by atoms with Crippen LogP contribution in [0.3, 0.4) is 0 Å². The van der Waals surface area contributed by atoms with Gasteiger partial charge in [-0.1, -0.05) is 0 Å². The third-order valence-electron chi connectivity index (χ3n) is 1.01. The van der Waals surface area contributed by atoms with E-state index in [1.54, 1.807) is 0 Å². The number of carbonyl (C=O) groups is 1. The highest BCUT2D eigenvalue weighted by Gasteiger charge is 2.15. The summed E-state index contributed by atoms with van der Waals surface area (Å²) in [4.78, 5) is 10.6. The van der Waals surface area contributed by atoms with Gasteiger partial charge in [0, 0.05) is 0 Å². The van der Waals surface area contributed by atoms with Crippen molar-refractivity contribution in [2.24, 2.45) is 0 Å². The Morgan fingerprint density at radius 3 is 2.60 bits per heavy atom. The molecule has 0 aromatic heterocycles. The summed E-state index contributed by atoms with van der Waals surface area (Å²) in [6, 6.07) is -0.824. The maximum absolute atomic E-state index is 10.6. The molecule has 0 aromatic rings. The Hall–Kier alpha value is -0.650. The fourth-order valence-corrected chi connectivity index (χ4v) is 0.475. The largest absolute Gasteiger partial charge is 0.468 e. The van der Waals surface area contributed by atoms with Gasteiger partial charge in [0.05, 0.1) is 20.4 Å². The van der Waals surface area contributed by atoms with E-state index < -0.39 is 12.0 Å². The van der Waals surface area contributed by atoms with Crippen molar-refractivity contribution in [2.45, 2.75) is 6.04 Å². The van der Waals surface area contributed by atoms with Crippen LogP contribution in [0.5, 0.6) is 0 Å². The fraction of sp³-hybridized carbons (Fsp3) is 0.800.